The van der Waals surface area contributed by atoms with Gasteiger partial charge in [-0.2, -0.15) is 0 Å². The molecule has 1 N–H and O–H groups in total. The molecule has 1 aliphatic rings. The van der Waals surface area contributed by atoms with Crippen LogP contribution < -0.4 is 14.2 Å². The summed E-state index contributed by atoms with van der Waals surface area (Å²) in [4.78, 5) is 31.2. The molecule has 1 aliphatic heterocycles. The number of rotatable bonds is 9. The zero-order valence-electron chi connectivity index (χ0n) is 19.8. The Labute approximate surface area is 212 Å². The predicted molar refractivity (Wildman–Crippen MR) is 136 cm³/mol. The molecule has 2 heterocycles. The van der Waals surface area contributed by atoms with Crippen molar-refractivity contribution in [3.63, 3.8) is 0 Å². The summed E-state index contributed by atoms with van der Waals surface area (Å²) < 4.78 is 21.5. The Balaban J connectivity index is 1.64. The Morgan fingerprint density at radius 2 is 1.92 bits per heavy atom. The van der Waals surface area contributed by atoms with Crippen LogP contribution in [0.3, 0.4) is 0 Å². The number of aliphatic carboxylic acids is 1. The summed E-state index contributed by atoms with van der Waals surface area (Å²) in [6.45, 7) is 1.66. The molecule has 0 aliphatic carbocycles. The van der Waals surface area contributed by atoms with Gasteiger partial charge in [0.25, 0.3) is 5.91 Å². The highest BCUT2D eigenvalue weighted by Gasteiger charge is 2.34. The van der Waals surface area contributed by atoms with Crippen molar-refractivity contribution in [3.8, 4) is 17.2 Å². The summed E-state index contributed by atoms with van der Waals surface area (Å²) in [7, 11) is 3.06. The molecule has 1 fully saturated rings. The van der Waals surface area contributed by atoms with Crippen LogP contribution >= 0.6 is 11.8 Å². The van der Waals surface area contributed by atoms with Gasteiger partial charge in [0.15, 0.2) is 22.8 Å². The summed E-state index contributed by atoms with van der Waals surface area (Å²) in [5.74, 6) is 0.678. The summed E-state index contributed by atoms with van der Waals surface area (Å²) in [5, 5.41) is 9.62. The Bertz CT molecular complexity index is 1300. The molecule has 3 aromatic rings. The van der Waals surface area contributed by atoms with E-state index in [1.54, 1.807) is 66.8 Å². The second-order valence-electron chi connectivity index (χ2n) is 7.68. The molecule has 0 unspecified atom stereocenters. The van der Waals surface area contributed by atoms with Crippen LogP contribution in [0.15, 0.2) is 75.2 Å². The number of nitrogens with zero attached hydrogens (tertiary/aromatic N) is 2. The Hall–Kier alpha value is -4.18. The molecular weight excluding hydrogens is 484 g/mol. The van der Waals surface area contributed by atoms with Crippen molar-refractivity contribution in [1.29, 1.82) is 0 Å². The number of methoxy groups -OCH3 is 2. The van der Waals surface area contributed by atoms with Gasteiger partial charge in [-0.3, -0.25) is 9.69 Å². The van der Waals surface area contributed by atoms with E-state index in [0.29, 0.717) is 44.3 Å². The highest BCUT2D eigenvalue weighted by Crippen LogP contribution is 2.37. The third-order valence-corrected chi connectivity index (χ3v) is 6.22. The maximum absolute atomic E-state index is 13.4. The number of hydrogen-bond donors (Lipinski definition) is 1. The number of ether oxygens (including phenoxy) is 3. The largest absolute Gasteiger partial charge is 0.497 e. The highest BCUT2D eigenvalue weighted by molar-refractivity contribution is 8.18. The van der Waals surface area contributed by atoms with E-state index in [0.717, 1.165) is 0 Å². The average molecular weight is 509 g/mol. The molecule has 2 aromatic carbocycles. The van der Waals surface area contributed by atoms with Crippen LogP contribution in [0.25, 0.3) is 6.08 Å². The summed E-state index contributed by atoms with van der Waals surface area (Å²) in [5.41, 5.74) is 1.36. The topological polar surface area (TPSA) is 111 Å². The molecule has 4 rings (SSSR count). The average Bonchev–Trinajstić information content (AvgIpc) is 3.49. The zero-order chi connectivity index (χ0) is 25.7. The molecular formula is C26H24N2O7S. The number of benzene rings is 2. The molecule has 0 bridgehead atoms. The minimum Gasteiger partial charge on any atom is -0.497 e. The number of carbonyl (C=O) groups is 2. The van der Waals surface area contributed by atoms with Crippen LogP contribution in [0.4, 0.5) is 5.69 Å². The van der Waals surface area contributed by atoms with Gasteiger partial charge in [0.05, 0.1) is 37.6 Å². The van der Waals surface area contributed by atoms with Crippen LogP contribution in [-0.4, -0.2) is 47.4 Å². The molecule has 1 atom stereocenters. The van der Waals surface area contributed by atoms with E-state index < -0.39 is 12.1 Å². The maximum atomic E-state index is 13.4. The van der Waals surface area contributed by atoms with E-state index in [4.69, 9.17) is 23.7 Å². The van der Waals surface area contributed by atoms with Gasteiger partial charge in [0, 0.05) is 0 Å². The van der Waals surface area contributed by atoms with Gasteiger partial charge in [0.2, 0.25) is 0 Å². The van der Waals surface area contributed by atoms with E-state index in [1.807, 2.05) is 12.1 Å². The Morgan fingerprint density at radius 3 is 2.56 bits per heavy atom. The van der Waals surface area contributed by atoms with Crippen molar-refractivity contribution in [2.45, 2.75) is 19.6 Å². The molecule has 1 saturated heterocycles. The van der Waals surface area contributed by atoms with Gasteiger partial charge in [0.1, 0.15) is 11.5 Å². The number of hydrogen-bond acceptors (Lipinski definition) is 8. The van der Waals surface area contributed by atoms with Crippen molar-refractivity contribution in [3.05, 3.63) is 77.1 Å². The first kappa shape index (κ1) is 24.9. The van der Waals surface area contributed by atoms with E-state index >= 15 is 0 Å². The van der Waals surface area contributed by atoms with Gasteiger partial charge in [-0.15, -0.1) is 0 Å². The quantitative estimate of drug-likeness (QED) is 0.404. The fraction of sp³-hybridized carbons (Fsp3) is 0.192. The smallest absolute Gasteiger partial charge is 0.344 e. The first-order valence-electron chi connectivity index (χ1n) is 10.9. The van der Waals surface area contributed by atoms with Crippen molar-refractivity contribution >= 4 is 40.6 Å². The number of carboxylic acids is 1. The minimum absolute atomic E-state index is 0.220. The number of aliphatic imine (C=N–C) groups is 1. The summed E-state index contributed by atoms with van der Waals surface area (Å²) >= 11 is 1.25. The van der Waals surface area contributed by atoms with Crippen LogP contribution in [-0.2, 0) is 16.1 Å². The van der Waals surface area contributed by atoms with E-state index in [2.05, 4.69) is 4.99 Å². The molecule has 36 heavy (non-hydrogen) atoms. The van der Waals surface area contributed by atoms with Gasteiger partial charge >= 0.3 is 5.97 Å². The second kappa shape index (κ2) is 11.0. The van der Waals surface area contributed by atoms with Gasteiger partial charge in [-0.1, -0.05) is 6.07 Å². The number of thioether (sulfide) groups is 1. The van der Waals surface area contributed by atoms with Gasteiger partial charge < -0.3 is 23.7 Å². The van der Waals surface area contributed by atoms with E-state index in [9.17, 15) is 9.59 Å². The zero-order valence-corrected chi connectivity index (χ0v) is 20.7. The van der Waals surface area contributed by atoms with E-state index in [1.165, 1.54) is 25.8 Å². The van der Waals surface area contributed by atoms with Crippen molar-refractivity contribution in [2.24, 2.45) is 4.99 Å². The lowest BCUT2D eigenvalue weighted by Gasteiger charge is -2.14. The molecule has 0 spiro atoms. The number of amidine groups is 1. The first-order chi connectivity index (χ1) is 17.4. The molecule has 9 nitrogen and oxygen atoms in total. The van der Waals surface area contributed by atoms with Crippen LogP contribution in [0, 0.1) is 0 Å². The SMILES string of the molecule is COc1ccc(N=C2S/C(=C\c3ccc(O[C@H](C)C(=O)O)c(OC)c3)C(=O)N2Cc2ccco2)cc1. The lowest BCUT2D eigenvalue weighted by atomic mass is 10.1. The monoisotopic (exact) mass is 508 g/mol. The summed E-state index contributed by atoms with van der Waals surface area (Å²) in [6.07, 6.45) is 2.24. The number of carboxylic acid groups (broad SMARTS) is 1. The predicted octanol–water partition coefficient (Wildman–Crippen LogP) is 4.95. The third-order valence-electron chi connectivity index (χ3n) is 5.22. The van der Waals surface area contributed by atoms with Crippen molar-refractivity contribution in [2.75, 3.05) is 14.2 Å². The molecule has 0 radical (unpaired) electrons. The second-order valence-corrected chi connectivity index (χ2v) is 8.69. The fourth-order valence-corrected chi connectivity index (χ4v) is 4.32. The maximum Gasteiger partial charge on any atom is 0.344 e. The van der Waals surface area contributed by atoms with Crippen LogP contribution in [0.1, 0.15) is 18.2 Å². The molecule has 10 heteroatoms. The molecule has 1 aromatic heterocycles. The Kier molecular flexibility index (Phi) is 7.65. The number of amides is 1. The van der Waals surface area contributed by atoms with Crippen molar-refractivity contribution < 1.29 is 33.3 Å². The molecule has 1 amide bonds. The fourth-order valence-electron chi connectivity index (χ4n) is 3.32. The van der Waals surface area contributed by atoms with Crippen LogP contribution in [0.2, 0.25) is 0 Å². The van der Waals surface area contributed by atoms with Gasteiger partial charge in [-0.25, -0.2) is 9.79 Å². The van der Waals surface area contributed by atoms with Gasteiger partial charge in [-0.05, 0) is 78.9 Å². The minimum atomic E-state index is -1.09. The molecule has 0 saturated carbocycles. The highest BCUT2D eigenvalue weighted by atomic mass is 32.2. The number of furan rings is 1. The first-order valence-corrected chi connectivity index (χ1v) is 11.7. The normalized spacial score (nSPS) is 16.4. The molecule has 186 valence electrons. The summed E-state index contributed by atoms with van der Waals surface area (Å²) in [6, 6.07) is 15.8. The third kappa shape index (κ3) is 5.72. The lowest BCUT2D eigenvalue weighted by molar-refractivity contribution is -0.144. The lowest BCUT2D eigenvalue weighted by Crippen LogP contribution is -2.28. The van der Waals surface area contributed by atoms with Crippen molar-refractivity contribution in [1.82, 2.24) is 4.90 Å². The Morgan fingerprint density at radius 1 is 1.14 bits per heavy atom. The number of carbonyl (C=O) groups excluding carboxylic acids is 1. The van der Waals surface area contributed by atoms with Crippen LogP contribution in [0.5, 0.6) is 17.2 Å². The standard InChI is InChI=1S/C26H24N2O7S/c1-16(25(30)31)35-21-11-6-17(13-22(21)33-3)14-23-24(29)28(15-20-5-4-12-34-20)26(36-23)27-18-7-9-19(32-2)10-8-18/h4-14,16H,15H2,1-3H3,(H,30,31)/b23-14-,27-26?/t16-/m1/s1. The van der Waals surface area contributed by atoms with E-state index in [-0.39, 0.29) is 12.5 Å².